The van der Waals surface area contributed by atoms with E-state index in [1.165, 1.54) is 0 Å². The van der Waals surface area contributed by atoms with Gasteiger partial charge in [0, 0.05) is 11.6 Å². The van der Waals surface area contributed by atoms with Crippen LogP contribution in [0, 0.1) is 0 Å². The lowest BCUT2D eigenvalue weighted by Crippen LogP contribution is -2.02. The number of rotatable bonds is 2. The highest BCUT2D eigenvalue weighted by Crippen LogP contribution is 2.24. The summed E-state index contributed by atoms with van der Waals surface area (Å²) in [6.07, 6.45) is 2.92. The van der Waals surface area contributed by atoms with Crippen LogP contribution in [-0.2, 0) is 0 Å². The lowest BCUT2D eigenvalue weighted by molar-refractivity contribution is 0.715. The zero-order valence-electron chi connectivity index (χ0n) is 8.41. The fourth-order valence-corrected chi connectivity index (χ4v) is 1.55. The van der Waals surface area contributed by atoms with E-state index in [0.29, 0.717) is 11.9 Å². The Kier molecular flexibility index (Phi) is 2.11. The monoisotopic (exact) mass is 190 g/mol. The number of nitrogens with zero attached hydrogens (tertiary/aromatic N) is 2. The van der Waals surface area contributed by atoms with Gasteiger partial charge in [-0.15, -0.1) is 0 Å². The van der Waals surface area contributed by atoms with E-state index in [0.717, 1.165) is 23.1 Å². The van der Waals surface area contributed by atoms with Crippen molar-refractivity contribution in [2.45, 2.75) is 26.2 Å². The van der Waals surface area contributed by atoms with Gasteiger partial charge in [0.15, 0.2) is 0 Å². The average Bonchev–Trinajstić information content (AvgIpc) is 2.62. The van der Waals surface area contributed by atoms with Crippen LogP contribution in [0.5, 0.6) is 0 Å². The first-order valence-corrected chi connectivity index (χ1v) is 4.83. The Bertz CT molecular complexity index is 446. The van der Waals surface area contributed by atoms with Crippen LogP contribution >= 0.6 is 0 Å². The van der Waals surface area contributed by atoms with E-state index >= 15 is 0 Å². The van der Waals surface area contributed by atoms with Gasteiger partial charge in [-0.3, -0.25) is 0 Å². The summed E-state index contributed by atoms with van der Waals surface area (Å²) in [7, 11) is 0. The summed E-state index contributed by atoms with van der Waals surface area (Å²) >= 11 is 0. The Balaban J connectivity index is 2.66. The Hall–Kier alpha value is -1.58. The maximum atomic E-state index is 5.63. The van der Waals surface area contributed by atoms with E-state index in [2.05, 4.69) is 28.8 Å². The van der Waals surface area contributed by atoms with Gasteiger partial charge in [-0.05, 0) is 18.4 Å². The number of anilines is 1. The number of H-pyrrole nitrogens is 1. The van der Waals surface area contributed by atoms with E-state index in [1.54, 1.807) is 0 Å². The lowest BCUT2D eigenvalue weighted by atomic mass is 10.0. The minimum atomic E-state index is 0.343. The molecule has 4 nitrogen and oxygen atoms in total. The van der Waals surface area contributed by atoms with Crippen LogP contribution in [-0.4, -0.2) is 15.0 Å². The van der Waals surface area contributed by atoms with Crippen LogP contribution in [0.25, 0.3) is 11.0 Å². The second-order valence-electron chi connectivity index (χ2n) is 3.52. The molecule has 2 aromatic rings. The Morgan fingerprint density at radius 2 is 2.29 bits per heavy atom. The molecule has 0 saturated heterocycles. The van der Waals surface area contributed by atoms with Crippen molar-refractivity contribution < 1.29 is 0 Å². The molecular formula is C10H14N4. The molecule has 0 aliphatic rings. The zero-order valence-corrected chi connectivity index (χ0v) is 8.41. The van der Waals surface area contributed by atoms with Crippen LogP contribution in [0.2, 0.25) is 0 Å². The minimum Gasteiger partial charge on any atom is -0.368 e. The molecule has 0 saturated carbocycles. The Morgan fingerprint density at radius 1 is 1.50 bits per heavy atom. The number of nitrogens with two attached hydrogens (primary N) is 1. The predicted molar refractivity (Wildman–Crippen MR) is 57.0 cm³/mol. The molecule has 2 aromatic heterocycles. The molecule has 1 unspecified atom stereocenters. The van der Waals surface area contributed by atoms with Crippen molar-refractivity contribution >= 4 is 17.0 Å². The molecular weight excluding hydrogens is 176 g/mol. The largest absolute Gasteiger partial charge is 0.368 e. The predicted octanol–water partition coefficient (Wildman–Crippen LogP) is 2.05. The van der Waals surface area contributed by atoms with Gasteiger partial charge in [0.05, 0.1) is 5.69 Å². The van der Waals surface area contributed by atoms with Gasteiger partial charge < -0.3 is 10.7 Å². The van der Waals surface area contributed by atoms with E-state index < -0.39 is 0 Å². The average molecular weight is 190 g/mol. The molecule has 1 atom stereocenters. The third-order valence-corrected chi connectivity index (χ3v) is 2.54. The molecule has 74 valence electrons. The van der Waals surface area contributed by atoms with Gasteiger partial charge in [0.1, 0.15) is 5.65 Å². The second-order valence-corrected chi connectivity index (χ2v) is 3.52. The van der Waals surface area contributed by atoms with E-state index in [9.17, 15) is 0 Å². The minimum absolute atomic E-state index is 0.343. The fourth-order valence-electron chi connectivity index (χ4n) is 1.55. The third-order valence-electron chi connectivity index (χ3n) is 2.54. The van der Waals surface area contributed by atoms with Crippen LogP contribution in [0.15, 0.2) is 12.3 Å². The summed E-state index contributed by atoms with van der Waals surface area (Å²) in [6, 6.07) is 2.00. The van der Waals surface area contributed by atoms with E-state index in [4.69, 9.17) is 5.73 Å². The summed E-state index contributed by atoms with van der Waals surface area (Å²) in [6.45, 7) is 4.29. The number of fused-ring (bicyclic) bond motifs is 1. The number of nitrogens with one attached hydrogen (secondary N) is 1. The van der Waals surface area contributed by atoms with Crippen molar-refractivity contribution in [3.05, 3.63) is 18.0 Å². The summed E-state index contributed by atoms with van der Waals surface area (Å²) in [5, 5.41) is 1.08. The molecule has 0 aliphatic carbocycles. The maximum Gasteiger partial charge on any atom is 0.222 e. The number of hydrogen-bond donors (Lipinski definition) is 2. The van der Waals surface area contributed by atoms with Crippen molar-refractivity contribution in [3.8, 4) is 0 Å². The molecule has 0 radical (unpaired) electrons. The highest BCUT2D eigenvalue weighted by molar-refractivity contribution is 5.79. The molecule has 2 heterocycles. The number of aromatic nitrogens is 3. The lowest BCUT2D eigenvalue weighted by Gasteiger charge is -2.09. The molecule has 0 aromatic carbocycles. The van der Waals surface area contributed by atoms with Crippen LogP contribution in [0.4, 0.5) is 5.95 Å². The SMILES string of the molecule is CCC(C)c1nc(N)nc2[nH]ccc12. The van der Waals surface area contributed by atoms with Crippen molar-refractivity contribution in [1.29, 1.82) is 0 Å². The van der Waals surface area contributed by atoms with E-state index in [-0.39, 0.29) is 0 Å². The molecule has 0 bridgehead atoms. The van der Waals surface area contributed by atoms with Crippen molar-refractivity contribution in [1.82, 2.24) is 15.0 Å². The Morgan fingerprint density at radius 3 is 3.00 bits per heavy atom. The third kappa shape index (κ3) is 1.32. The molecule has 0 fully saturated rings. The first-order chi connectivity index (χ1) is 6.72. The Labute approximate surface area is 82.6 Å². The maximum absolute atomic E-state index is 5.63. The van der Waals surface area contributed by atoms with Gasteiger partial charge >= 0.3 is 0 Å². The number of hydrogen-bond acceptors (Lipinski definition) is 3. The van der Waals surface area contributed by atoms with Gasteiger partial charge in [-0.1, -0.05) is 13.8 Å². The molecule has 0 aliphatic heterocycles. The molecule has 3 N–H and O–H groups in total. The second kappa shape index (κ2) is 3.29. The molecule has 2 rings (SSSR count). The molecule has 14 heavy (non-hydrogen) atoms. The summed E-state index contributed by atoms with van der Waals surface area (Å²) in [5.74, 6) is 0.758. The smallest absolute Gasteiger partial charge is 0.222 e. The standard InChI is InChI=1S/C10H14N4/c1-3-6(2)8-7-4-5-12-9(7)14-10(11)13-8/h4-6H,3H2,1-2H3,(H3,11,12,13,14). The van der Waals surface area contributed by atoms with Gasteiger partial charge in [0.25, 0.3) is 0 Å². The molecule has 0 amide bonds. The van der Waals surface area contributed by atoms with Crippen molar-refractivity contribution in [3.63, 3.8) is 0 Å². The summed E-state index contributed by atoms with van der Waals surface area (Å²) in [5.41, 5.74) is 7.50. The first-order valence-electron chi connectivity index (χ1n) is 4.83. The summed E-state index contributed by atoms with van der Waals surface area (Å²) < 4.78 is 0. The van der Waals surface area contributed by atoms with Crippen molar-refractivity contribution in [2.75, 3.05) is 5.73 Å². The van der Waals surface area contributed by atoms with Gasteiger partial charge in [-0.25, -0.2) is 4.98 Å². The quantitative estimate of drug-likeness (QED) is 0.761. The van der Waals surface area contributed by atoms with Gasteiger partial charge in [0.2, 0.25) is 5.95 Å². The topological polar surface area (TPSA) is 67.6 Å². The van der Waals surface area contributed by atoms with Crippen LogP contribution in [0.3, 0.4) is 0 Å². The number of aromatic amines is 1. The molecule has 0 spiro atoms. The molecule has 4 heteroatoms. The highest BCUT2D eigenvalue weighted by Gasteiger charge is 2.11. The first kappa shape index (κ1) is 8.99. The number of nitrogen functional groups attached to an aromatic ring is 1. The normalized spacial score (nSPS) is 13.3. The van der Waals surface area contributed by atoms with Crippen LogP contribution < -0.4 is 5.73 Å². The van der Waals surface area contributed by atoms with Crippen LogP contribution in [0.1, 0.15) is 31.9 Å². The zero-order chi connectivity index (χ0) is 10.1. The fraction of sp³-hybridized carbons (Fsp3) is 0.400. The van der Waals surface area contributed by atoms with Gasteiger partial charge in [-0.2, -0.15) is 4.98 Å². The highest BCUT2D eigenvalue weighted by atomic mass is 15.0. The van der Waals surface area contributed by atoms with E-state index in [1.807, 2.05) is 12.3 Å². The van der Waals surface area contributed by atoms with Crippen molar-refractivity contribution in [2.24, 2.45) is 0 Å². The summed E-state index contributed by atoms with van der Waals surface area (Å²) in [4.78, 5) is 11.5.